The molecular formula is C25H22N4O3. The molecule has 1 aliphatic heterocycles. The molecule has 5 rings (SSSR count). The van der Waals surface area contributed by atoms with Crippen LogP contribution in [0, 0.1) is 5.92 Å². The number of H-pyrrole nitrogens is 1. The maximum Gasteiger partial charge on any atom is 0.229 e. The predicted octanol–water partition coefficient (Wildman–Crippen LogP) is 4.23. The third kappa shape index (κ3) is 3.80. The van der Waals surface area contributed by atoms with E-state index in [9.17, 15) is 9.59 Å². The number of anilines is 2. The molecule has 4 aromatic rings. The molecular weight excluding hydrogens is 404 g/mol. The maximum atomic E-state index is 12.8. The molecule has 0 aliphatic carbocycles. The van der Waals surface area contributed by atoms with Crippen LogP contribution in [0.5, 0.6) is 5.75 Å². The number of carbonyl (C=O) groups is 2. The van der Waals surface area contributed by atoms with Crippen molar-refractivity contribution in [2.75, 3.05) is 23.9 Å². The number of nitrogens with zero attached hydrogens (tertiary/aromatic N) is 2. The molecule has 1 aromatic heterocycles. The van der Waals surface area contributed by atoms with Gasteiger partial charge in [0.25, 0.3) is 0 Å². The quantitative estimate of drug-likeness (QED) is 0.500. The molecule has 1 unspecified atom stereocenters. The Bertz CT molecular complexity index is 1260. The average Bonchev–Trinajstić information content (AvgIpc) is 3.43. The van der Waals surface area contributed by atoms with Gasteiger partial charge in [-0.1, -0.05) is 18.2 Å². The van der Waals surface area contributed by atoms with Gasteiger partial charge in [-0.2, -0.15) is 0 Å². The van der Waals surface area contributed by atoms with Crippen LogP contribution in [-0.4, -0.2) is 35.4 Å². The highest BCUT2D eigenvalue weighted by Gasteiger charge is 2.35. The molecule has 2 N–H and O–H groups in total. The highest BCUT2D eigenvalue weighted by atomic mass is 16.5. The highest BCUT2D eigenvalue weighted by molar-refractivity contribution is 6.03. The van der Waals surface area contributed by atoms with Gasteiger partial charge < -0.3 is 19.9 Å². The van der Waals surface area contributed by atoms with Crippen molar-refractivity contribution >= 4 is 34.2 Å². The minimum absolute atomic E-state index is 0.0707. The van der Waals surface area contributed by atoms with Gasteiger partial charge >= 0.3 is 0 Å². The largest absolute Gasteiger partial charge is 0.497 e. The van der Waals surface area contributed by atoms with Crippen LogP contribution in [0.1, 0.15) is 6.42 Å². The molecule has 2 heterocycles. The Hall–Kier alpha value is -4.13. The smallest absolute Gasteiger partial charge is 0.229 e. The van der Waals surface area contributed by atoms with Crippen molar-refractivity contribution in [2.45, 2.75) is 6.42 Å². The van der Waals surface area contributed by atoms with E-state index in [1.165, 1.54) is 0 Å². The Morgan fingerprint density at radius 1 is 1.09 bits per heavy atom. The van der Waals surface area contributed by atoms with Gasteiger partial charge in [-0.25, -0.2) is 4.98 Å². The van der Waals surface area contributed by atoms with Crippen LogP contribution < -0.4 is 15.0 Å². The van der Waals surface area contributed by atoms with Crippen molar-refractivity contribution in [1.82, 2.24) is 9.97 Å². The Balaban J connectivity index is 1.26. The zero-order chi connectivity index (χ0) is 22.1. The zero-order valence-electron chi connectivity index (χ0n) is 17.5. The number of nitrogens with one attached hydrogen (secondary N) is 2. The van der Waals surface area contributed by atoms with Crippen LogP contribution in [0.15, 0.2) is 72.8 Å². The number of imidazole rings is 1. The second kappa shape index (κ2) is 8.19. The average molecular weight is 426 g/mol. The number of rotatable bonds is 5. The summed E-state index contributed by atoms with van der Waals surface area (Å²) in [5.41, 5.74) is 4.24. The van der Waals surface area contributed by atoms with Gasteiger partial charge in [0.15, 0.2) is 0 Å². The Morgan fingerprint density at radius 2 is 1.91 bits per heavy atom. The minimum atomic E-state index is -0.413. The lowest BCUT2D eigenvalue weighted by atomic mass is 10.1. The van der Waals surface area contributed by atoms with E-state index in [0.29, 0.717) is 18.0 Å². The van der Waals surface area contributed by atoms with Crippen molar-refractivity contribution < 1.29 is 14.3 Å². The van der Waals surface area contributed by atoms with Crippen LogP contribution in [-0.2, 0) is 9.59 Å². The number of hydrogen-bond donors (Lipinski definition) is 2. The zero-order valence-corrected chi connectivity index (χ0v) is 17.5. The molecule has 32 heavy (non-hydrogen) atoms. The van der Waals surface area contributed by atoms with E-state index in [0.717, 1.165) is 28.1 Å². The molecule has 3 aromatic carbocycles. The van der Waals surface area contributed by atoms with Crippen molar-refractivity contribution in [2.24, 2.45) is 5.92 Å². The molecule has 0 spiro atoms. The summed E-state index contributed by atoms with van der Waals surface area (Å²) in [6, 6.07) is 22.7. The van der Waals surface area contributed by atoms with Gasteiger partial charge in [-0.05, 0) is 48.5 Å². The van der Waals surface area contributed by atoms with E-state index < -0.39 is 5.92 Å². The van der Waals surface area contributed by atoms with Crippen LogP contribution >= 0.6 is 0 Å². The molecule has 1 atom stereocenters. The summed E-state index contributed by atoms with van der Waals surface area (Å²) in [5, 5.41) is 2.93. The van der Waals surface area contributed by atoms with Crippen molar-refractivity contribution in [3.63, 3.8) is 0 Å². The number of ether oxygens (including phenoxy) is 1. The highest BCUT2D eigenvalue weighted by Crippen LogP contribution is 2.29. The summed E-state index contributed by atoms with van der Waals surface area (Å²) in [5.74, 6) is 0.801. The lowest BCUT2D eigenvalue weighted by Crippen LogP contribution is -2.28. The lowest BCUT2D eigenvalue weighted by molar-refractivity contribution is -0.122. The third-order valence-corrected chi connectivity index (χ3v) is 5.68. The van der Waals surface area contributed by atoms with Gasteiger partial charge in [0.2, 0.25) is 11.8 Å². The van der Waals surface area contributed by atoms with E-state index in [1.807, 2.05) is 66.7 Å². The van der Waals surface area contributed by atoms with Gasteiger partial charge in [0.05, 0.1) is 24.1 Å². The molecule has 0 radical (unpaired) electrons. The van der Waals surface area contributed by atoms with Crippen LogP contribution in [0.2, 0.25) is 0 Å². The number of fused-ring (bicyclic) bond motifs is 1. The molecule has 160 valence electrons. The summed E-state index contributed by atoms with van der Waals surface area (Å²) in [7, 11) is 1.58. The van der Waals surface area contributed by atoms with Gasteiger partial charge in [0, 0.05) is 36.0 Å². The van der Waals surface area contributed by atoms with Crippen LogP contribution in [0.25, 0.3) is 22.4 Å². The monoisotopic (exact) mass is 426 g/mol. The Morgan fingerprint density at radius 3 is 2.69 bits per heavy atom. The van der Waals surface area contributed by atoms with E-state index in [2.05, 4.69) is 15.3 Å². The summed E-state index contributed by atoms with van der Waals surface area (Å²) in [6.45, 7) is 0.342. The third-order valence-electron chi connectivity index (χ3n) is 5.68. The van der Waals surface area contributed by atoms with Crippen LogP contribution in [0.3, 0.4) is 0 Å². The van der Waals surface area contributed by atoms with E-state index >= 15 is 0 Å². The summed E-state index contributed by atoms with van der Waals surface area (Å²) in [4.78, 5) is 34.8. The first-order valence-electron chi connectivity index (χ1n) is 10.4. The topological polar surface area (TPSA) is 87.3 Å². The fourth-order valence-electron chi connectivity index (χ4n) is 3.96. The number of carbonyl (C=O) groups excluding carboxylic acids is 2. The Labute approximate surface area is 185 Å². The summed E-state index contributed by atoms with van der Waals surface area (Å²) >= 11 is 0. The fourth-order valence-corrected chi connectivity index (χ4v) is 3.96. The number of methoxy groups -OCH3 is 1. The van der Waals surface area contributed by atoms with Crippen molar-refractivity contribution in [3.8, 4) is 17.1 Å². The summed E-state index contributed by atoms with van der Waals surface area (Å²) < 4.78 is 5.24. The predicted molar refractivity (Wildman–Crippen MR) is 124 cm³/mol. The molecule has 1 aliphatic rings. The number of hydrogen-bond acceptors (Lipinski definition) is 4. The molecule has 1 saturated heterocycles. The van der Waals surface area contributed by atoms with E-state index in [4.69, 9.17) is 4.74 Å². The minimum Gasteiger partial charge on any atom is -0.497 e. The van der Waals surface area contributed by atoms with E-state index in [-0.39, 0.29) is 18.2 Å². The maximum absolute atomic E-state index is 12.8. The van der Waals surface area contributed by atoms with E-state index in [1.54, 1.807) is 18.1 Å². The lowest BCUT2D eigenvalue weighted by Gasteiger charge is -2.17. The molecule has 2 amide bonds. The molecule has 0 saturated carbocycles. The van der Waals surface area contributed by atoms with Crippen LogP contribution in [0.4, 0.5) is 11.4 Å². The number of aromatic amines is 1. The molecule has 7 heteroatoms. The first-order chi connectivity index (χ1) is 15.6. The van der Waals surface area contributed by atoms with Gasteiger partial charge in [-0.3, -0.25) is 9.59 Å². The number of para-hydroxylation sites is 2. The SMILES string of the molecule is COc1cccc(N2CC(C(=O)Nc3ccc(-c4nc5ccccc5[nH]4)cc3)CC2=O)c1. The molecule has 0 bridgehead atoms. The second-order valence-electron chi connectivity index (χ2n) is 7.78. The van der Waals surface area contributed by atoms with Gasteiger partial charge in [0.1, 0.15) is 11.6 Å². The fraction of sp³-hybridized carbons (Fsp3) is 0.160. The van der Waals surface area contributed by atoms with Crippen molar-refractivity contribution in [1.29, 1.82) is 0 Å². The number of aromatic nitrogens is 2. The second-order valence-corrected chi connectivity index (χ2v) is 7.78. The molecule has 7 nitrogen and oxygen atoms in total. The Kier molecular flexibility index (Phi) is 5.07. The molecule has 1 fully saturated rings. The first-order valence-corrected chi connectivity index (χ1v) is 10.4. The number of benzene rings is 3. The normalized spacial score (nSPS) is 15.8. The standard InChI is InChI=1S/C25H22N4O3/c1-32-20-6-4-5-19(14-20)29-15-17(13-23(29)30)25(31)26-18-11-9-16(10-12-18)24-27-21-7-2-3-8-22(21)28-24/h2-12,14,17H,13,15H2,1H3,(H,26,31)(H,27,28). The first kappa shape index (κ1) is 19.8. The van der Waals surface area contributed by atoms with Crippen molar-refractivity contribution in [3.05, 3.63) is 72.8 Å². The van der Waals surface area contributed by atoms with Gasteiger partial charge in [-0.15, -0.1) is 0 Å². The number of amides is 2. The summed E-state index contributed by atoms with van der Waals surface area (Å²) in [6.07, 6.45) is 0.181.